The van der Waals surface area contributed by atoms with Crippen molar-refractivity contribution in [2.24, 2.45) is 0 Å². The Morgan fingerprint density at radius 3 is 2.17 bits per heavy atom. The van der Waals surface area contributed by atoms with E-state index in [1.807, 2.05) is 12.1 Å². The molecule has 2 N–H and O–H groups in total. The number of nitrogens with one attached hydrogen (secondary N) is 2. The van der Waals surface area contributed by atoms with E-state index in [1.54, 1.807) is 32.9 Å². The zero-order chi connectivity index (χ0) is 18.0. The molecule has 1 rings (SSSR count). The highest BCUT2D eigenvalue weighted by molar-refractivity contribution is 6.17. The number of alkyl carbamates (subject to hydrolysis) is 1. The van der Waals surface area contributed by atoms with Crippen LogP contribution in [0.25, 0.3) is 0 Å². The first-order valence-electron chi connectivity index (χ1n) is 7.79. The lowest BCUT2D eigenvalue weighted by molar-refractivity contribution is 0.0500. The molecule has 2 amide bonds. The quantitative estimate of drug-likeness (QED) is 0.554. The smallest absolute Gasteiger partial charge is 0.407 e. The number of carbonyl (C=O) groups excluding carboxylic acids is 2. The standard InChI is InChI=1S/C17H25ClN2O4/c1-17(2,3)24-16(22)20-9-11-23-10-8-19-15(21)14-6-4-13(12-18)5-7-14/h4-7H,8-12H2,1-3H3,(H,19,21)(H,20,22). The molecule has 0 radical (unpaired) electrons. The summed E-state index contributed by atoms with van der Waals surface area (Å²) < 4.78 is 10.4. The van der Waals surface area contributed by atoms with E-state index in [2.05, 4.69) is 10.6 Å². The molecule has 0 aromatic heterocycles. The van der Waals surface area contributed by atoms with Crippen LogP contribution in [0.5, 0.6) is 0 Å². The molecule has 0 heterocycles. The number of halogens is 1. The first-order chi connectivity index (χ1) is 11.3. The zero-order valence-corrected chi connectivity index (χ0v) is 15.1. The minimum Gasteiger partial charge on any atom is -0.444 e. The van der Waals surface area contributed by atoms with Gasteiger partial charge in [0.1, 0.15) is 5.60 Å². The van der Waals surface area contributed by atoms with Crippen molar-refractivity contribution < 1.29 is 19.1 Å². The molecular weight excluding hydrogens is 332 g/mol. The molecule has 0 unspecified atom stereocenters. The molecule has 1 aromatic rings. The van der Waals surface area contributed by atoms with Crippen LogP contribution in [0.15, 0.2) is 24.3 Å². The van der Waals surface area contributed by atoms with Gasteiger partial charge in [0, 0.05) is 24.5 Å². The molecule has 1 aromatic carbocycles. The summed E-state index contributed by atoms with van der Waals surface area (Å²) in [5.41, 5.74) is 1.03. The van der Waals surface area contributed by atoms with Crippen molar-refractivity contribution >= 4 is 23.6 Å². The number of hydrogen-bond donors (Lipinski definition) is 2. The molecule has 24 heavy (non-hydrogen) atoms. The Balaban J connectivity index is 2.09. The summed E-state index contributed by atoms with van der Waals surface area (Å²) in [6, 6.07) is 7.11. The van der Waals surface area contributed by atoms with Crippen molar-refractivity contribution in [2.45, 2.75) is 32.3 Å². The summed E-state index contributed by atoms with van der Waals surface area (Å²) in [5, 5.41) is 5.35. The van der Waals surface area contributed by atoms with Crippen LogP contribution in [-0.2, 0) is 15.4 Å². The Labute approximate surface area is 147 Å². The summed E-state index contributed by atoms with van der Waals surface area (Å²) in [4.78, 5) is 23.3. The Hall–Kier alpha value is -1.79. The lowest BCUT2D eigenvalue weighted by Gasteiger charge is -2.19. The normalized spacial score (nSPS) is 11.0. The lowest BCUT2D eigenvalue weighted by atomic mass is 10.1. The molecule has 6 nitrogen and oxygen atoms in total. The van der Waals surface area contributed by atoms with Gasteiger partial charge in [0.2, 0.25) is 0 Å². The third kappa shape index (κ3) is 8.74. The Morgan fingerprint density at radius 2 is 1.62 bits per heavy atom. The molecule has 7 heteroatoms. The predicted molar refractivity (Wildman–Crippen MR) is 93.4 cm³/mol. The third-order valence-electron chi connectivity index (χ3n) is 2.82. The molecule has 0 spiro atoms. The second-order valence-electron chi connectivity index (χ2n) is 6.13. The van der Waals surface area contributed by atoms with Gasteiger partial charge in [-0.2, -0.15) is 0 Å². The fraction of sp³-hybridized carbons (Fsp3) is 0.529. The van der Waals surface area contributed by atoms with E-state index in [0.29, 0.717) is 37.7 Å². The number of alkyl halides is 1. The van der Waals surface area contributed by atoms with Gasteiger partial charge >= 0.3 is 6.09 Å². The molecule has 0 aliphatic rings. The molecule has 0 bridgehead atoms. The summed E-state index contributed by atoms with van der Waals surface area (Å²) in [5.74, 6) is 0.263. The van der Waals surface area contributed by atoms with Crippen LogP contribution >= 0.6 is 11.6 Å². The van der Waals surface area contributed by atoms with Crippen molar-refractivity contribution in [3.63, 3.8) is 0 Å². The summed E-state index contributed by atoms with van der Waals surface area (Å²) in [6.07, 6.45) is -0.472. The topological polar surface area (TPSA) is 76.7 Å². The van der Waals surface area contributed by atoms with Crippen molar-refractivity contribution in [2.75, 3.05) is 26.3 Å². The highest BCUT2D eigenvalue weighted by atomic mass is 35.5. The maximum absolute atomic E-state index is 11.9. The fourth-order valence-corrected chi connectivity index (χ4v) is 1.90. The zero-order valence-electron chi connectivity index (χ0n) is 14.4. The number of benzene rings is 1. The average molecular weight is 357 g/mol. The van der Waals surface area contributed by atoms with Crippen molar-refractivity contribution in [1.82, 2.24) is 10.6 Å². The molecule has 0 atom stereocenters. The third-order valence-corrected chi connectivity index (χ3v) is 3.13. The van der Waals surface area contributed by atoms with Gasteiger partial charge < -0.3 is 20.1 Å². The lowest BCUT2D eigenvalue weighted by Crippen LogP contribution is -2.34. The number of ether oxygens (including phenoxy) is 2. The Kier molecular flexibility index (Phi) is 8.57. The van der Waals surface area contributed by atoms with Gasteiger partial charge in [-0.05, 0) is 38.5 Å². The number of hydrogen-bond acceptors (Lipinski definition) is 4. The average Bonchev–Trinajstić information content (AvgIpc) is 2.52. The van der Waals surface area contributed by atoms with Crippen LogP contribution in [0.2, 0.25) is 0 Å². The van der Waals surface area contributed by atoms with Gasteiger partial charge in [0.25, 0.3) is 5.91 Å². The summed E-state index contributed by atoms with van der Waals surface area (Å²) >= 11 is 5.70. The largest absolute Gasteiger partial charge is 0.444 e. The molecule has 0 saturated carbocycles. The molecule has 134 valence electrons. The van der Waals surface area contributed by atoms with Gasteiger partial charge in [-0.15, -0.1) is 11.6 Å². The maximum atomic E-state index is 11.9. The van der Waals surface area contributed by atoms with Crippen molar-refractivity contribution in [3.8, 4) is 0 Å². The second-order valence-corrected chi connectivity index (χ2v) is 6.39. The highest BCUT2D eigenvalue weighted by Gasteiger charge is 2.15. The van der Waals surface area contributed by atoms with E-state index in [4.69, 9.17) is 21.1 Å². The van der Waals surface area contributed by atoms with Crippen LogP contribution in [0.4, 0.5) is 4.79 Å². The molecular formula is C17H25ClN2O4. The predicted octanol–water partition coefficient (Wildman–Crippen LogP) is 2.70. The van der Waals surface area contributed by atoms with Gasteiger partial charge in [0.05, 0.1) is 13.2 Å². The SMILES string of the molecule is CC(C)(C)OC(=O)NCCOCCNC(=O)c1ccc(CCl)cc1. The van der Waals surface area contributed by atoms with E-state index >= 15 is 0 Å². The van der Waals surface area contributed by atoms with Crippen molar-refractivity contribution in [1.29, 1.82) is 0 Å². The molecule has 0 aliphatic heterocycles. The Morgan fingerprint density at radius 1 is 1.04 bits per heavy atom. The van der Waals surface area contributed by atoms with Crippen LogP contribution in [-0.4, -0.2) is 43.9 Å². The fourth-order valence-electron chi connectivity index (χ4n) is 1.73. The summed E-state index contributed by atoms with van der Waals surface area (Å²) in [7, 11) is 0. The molecule has 0 aliphatic carbocycles. The minimum atomic E-state index is -0.517. The van der Waals surface area contributed by atoms with Crippen LogP contribution in [0.3, 0.4) is 0 Å². The van der Waals surface area contributed by atoms with Crippen LogP contribution in [0.1, 0.15) is 36.7 Å². The van der Waals surface area contributed by atoms with Gasteiger partial charge in [-0.25, -0.2) is 4.79 Å². The van der Waals surface area contributed by atoms with Crippen molar-refractivity contribution in [3.05, 3.63) is 35.4 Å². The molecule has 0 saturated heterocycles. The van der Waals surface area contributed by atoms with E-state index in [1.165, 1.54) is 0 Å². The first-order valence-corrected chi connectivity index (χ1v) is 8.33. The number of amides is 2. The van der Waals surface area contributed by atoms with Gasteiger partial charge in [-0.1, -0.05) is 12.1 Å². The van der Waals surface area contributed by atoms with E-state index in [0.717, 1.165) is 5.56 Å². The highest BCUT2D eigenvalue weighted by Crippen LogP contribution is 2.07. The monoisotopic (exact) mass is 356 g/mol. The summed E-state index contributed by atoms with van der Waals surface area (Å²) in [6.45, 7) is 6.85. The first kappa shape index (κ1) is 20.3. The Bertz CT molecular complexity index is 526. The van der Waals surface area contributed by atoms with Gasteiger partial charge in [0.15, 0.2) is 0 Å². The molecule has 0 fully saturated rings. The van der Waals surface area contributed by atoms with Crippen LogP contribution in [0, 0.1) is 0 Å². The van der Waals surface area contributed by atoms with E-state index in [9.17, 15) is 9.59 Å². The number of carbonyl (C=O) groups is 2. The maximum Gasteiger partial charge on any atom is 0.407 e. The minimum absolute atomic E-state index is 0.161. The van der Waals surface area contributed by atoms with E-state index < -0.39 is 11.7 Å². The van der Waals surface area contributed by atoms with E-state index in [-0.39, 0.29) is 5.91 Å². The number of rotatable bonds is 8. The second kappa shape index (κ2) is 10.2. The van der Waals surface area contributed by atoms with Gasteiger partial charge in [-0.3, -0.25) is 4.79 Å². The van der Waals surface area contributed by atoms with Crippen LogP contribution < -0.4 is 10.6 Å².